The standard InChI is InChI=1S/C13H18BrF3N2/c1-3-6-18-8-10-7-11(14)4-5-12(10)19(2)9-13(15,16)17/h4-5,7,18H,3,6,8-9H2,1-2H3. The highest BCUT2D eigenvalue weighted by molar-refractivity contribution is 9.10. The number of nitrogens with one attached hydrogen (secondary N) is 1. The lowest BCUT2D eigenvalue weighted by molar-refractivity contribution is -0.119. The van der Waals surface area contributed by atoms with E-state index in [4.69, 9.17) is 0 Å². The number of anilines is 1. The van der Waals surface area contributed by atoms with E-state index in [9.17, 15) is 13.2 Å². The number of alkyl halides is 3. The zero-order valence-corrected chi connectivity index (χ0v) is 12.6. The second kappa shape index (κ2) is 7.14. The Kier molecular flexibility index (Phi) is 6.13. The largest absolute Gasteiger partial charge is 0.405 e. The normalized spacial score (nSPS) is 11.7. The molecular formula is C13H18BrF3N2. The lowest BCUT2D eigenvalue weighted by Crippen LogP contribution is -2.32. The van der Waals surface area contributed by atoms with E-state index in [1.807, 2.05) is 13.0 Å². The van der Waals surface area contributed by atoms with Crippen molar-refractivity contribution in [3.05, 3.63) is 28.2 Å². The Morgan fingerprint density at radius 2 is 2.00 bits per heavy atom. The molecule has 0 unspecified atom stereocenters. The number of nitrogens with zero attached hydrogens (tertiary/aromatic N) is 1. The number of rotatable bonds is 6. The predicted molar refractivity (Wildman–Crippen MR) is 75.5 cm³/mol. The molecule has 1 aromatic carbocycles. The predicted octanol–water partition coefficient (Wildman–Crippen LogP) is 3.95. The van der Waals surface area contributed by atoms with Crippen LogP contribution in [0.25, 0.3) is 0 Å². The van der Waals surface area contributed by atoms with Crippen LogP contribution in [0, 0.1) is 0 Å². The molecule has 0 spiro atoms. The van der Waals surface area contributed by atoms with Gasteiger partial charge in [0.1, 0.15) is 6.54 Å². The first-order valence-corrected chi connectivity index (χ1v) is 6.90. The van der Waals surface area contributed by atoms with Gasteiger partial charge in [0.15, 0.2) is 0 Å². The van der Waals surface area contributed by atoms with E-state index in [1.54, 1.807) is 12.1 Å². The first-order valence-electron chi connectivity index (χ1n) is 6.10. The van der Waals surface area contributed by atoms with Crippen molar-refractivity contribution >= 4 is 21.6 Å². The maximum absolute atomic E-state index is 12.4. The minimum atomic E-state index is -4.20. The van der Waals surface area contributed by atoms with Crippen LogP contribution in [0.2, 0.25) is 0 Å². The topological polar surface area (TPSA) is 15.3 Å². The van der Waals surface area contributed by atoms with Crippen LogP contribution >= 0.6 is 15.9 Å². The Hall–Kier alpha value is -0.750. The number of benzene rings is 1. The van der Waals surface area contributed by atoms with E-state index >= 15 is 0 Å². The molecule has 1 N–H and O–H groups in total. The molecule has 2 nitrogen and oxygen atoms in total. The van der Waals surface area contributed by atoms with Gasteiger partial charge in [-0.2, -0.15) is 13.2 Å². The van der Waals surface area contributed by atoms with Crippen LogP contribution in [0.15, 0.2) is 22.7 Å². The highest BCUT2D eigenvalue weighted by Crippen LogP contribution is 2.26. The summed E-state index contributed by atoms with van der Waals surface area (Å²) in [5.74, 6) is 0. The molecule has 0 aliphatic carbocycles. The first-order chi connectivity index (χ1) is 8.83. The maximum Gasteiger partial charge on any atom is 0.405 e. The fraction of sp³-hybridized carbons (Fsp3) is 0.538. The second-order valence-corrected chi connectivity index (χ2v) is 5.34. The minimum Gasteiger partial charge on any atom is -0.365 e. The molecule has 0 saturated heterocycles. The summed E-state index contributed by atoms with van der Waals surface area (Å²) in [6, 6.07) is 5.31. The van der Waals surface area contributed by atoms with Crippen LogP contribution < -0.4 is 10.2 Å². The van der Waals surface area contributed by atoms with Gasteiger partial charge in [-0.15, -0.1) is 0 Å². The van der Waals surface area contributed by atoms with Gasteiger partial charge < -0.3 is 10.2 Å². The van der Waals surface area contributed by atoms with E-state index in [0.29, 0.717) is 12.2 Å². The van der Waals surface area contributed by atoms with Gasteiger partial charge in [0.25, 0.3) is 0 Å². The van der Waals surface area contributed by atoms with Gasteiger partial charge in [-0.25, -0.2) is 0 Å². The van der Waals surface area contributed by atoms with Crippen molar-refractivity contribution in [2.75, 3.05) is 25.0 Å². The Balaban J connectivity index is 2.86. The fourth-order valence-electron chi connectivity index (χ4n) is 1.82. The molecule has 0 atom stereocenters. The number of hydrogen-bond donors (Lipinski definition) is 1. The van der Waals surface area contributed by atoms with Crippen molar-refractivity contribution in [3.8, 4) is 0 Å². The molecule has 1 aromatic rings. The van der Waals surface area contributed by atoms with Crippen molar-refractivity contribution in [2.45, 2.75) is 26.1 Å². The molecule has 0 aliphatic heterocycles. The first kappa shape index (κ1) is 16.3. The van der Waals surface area contributed by atoms with E-state index in [0.717, 1.165) is 23.0 Å². The molecule has 0 aromatic heterocycles. The van der Waals surface area contributed by atoms with Crippen molar-refractivity contribution in [2.24, 2.45) is 0 Å². The highest BCUT2D eigenvalue weighted by atomic mass is 79.9. The Labute approximate surface area is 120 Å². The SMILES string of the molecule is CCCNCc1cc(Br)ccc1N(C)CC(F)(F)F. The van der Waals surface area contributed by atoms with Crippen LogP contribution in [0.4, 0.5) is 18.9 Å². The van der Waals surface area contributed by atoms with Crippen molar-refractivity contribution in [3.63, 3.8) is 0 Å². The summed E-state index contributed by atoms with van der Waals surface area (Å²) in [5, 5.41) is 3.21. The van der Waals surface area contributed by atoms with Crippen molar-refractivity contribution in [1.82, 2.24) is 5.32 Å². The van der Waals surface area contributed by atoms with Crippen molar-refractivity contribution in [1.29, 1.82) is 0 Å². The van der Waals surface area contributed by atoms with E-state index in [-0.39, 0.29) is 0 Å². The van der Waals surface area contributed by atoms with Gasteiger partial charge >= 0.3 is 6.18 Å². The van der Waals surface area contributed by atoms with Crippen LogP contribution in [0.5, 0.6) is 0 Å². The molecule has 0 saturated carbocycles. The summed E-state index contributed by atoms with van der Waals surface area (Å²) in [6.07, 6.45) is -3.21. The maximum atomic E-state index is 12.4. The highest BCUT2D eigenvalue weighted by Gasteiger charge is 2.30. The molecule has 108 valence electrons. The van der Waals surface area contributed by atoms with Crippen LogP contribution in [0.3, 0.4) is 0 Å². The van der Waals surface area contributed by atoms with E-state index < -0.39 is 12.7 Å². The molecule has 0 fully saturated rings. The summed E-state index contributed by atoms with van der Waals surface area (Å²) >= 11 is 3.35. The van der Waals surface area contributed by atoms with E-state index in [1.165, 1.54) is 11.9 Å². The summed E-state index contributed by atoms with van der Waals surface area (Å²) < 4.78 is 38.2. The quantitative estimate of drug-likeness (QED) is 0.790. The average molecular weight is 339 g/mol. The van der Waals surface area contributed by atoms with Gasteiger partial charge in [0.2, 0.25) is 0 Å². The summed E-state index contributed by atoms with van der Waals surface area (Å²) in [7, 11) is 1.46. The van der Waals surface area contributed by atoms with Crippen LogP contribution in [-0.4, -0.2) is 26.3 Å². The second-order valence-electron chi connectivity index (χ2n) is 4.42. The summed E-state index contributed by atoms with van der Waals surface area (Å²) in [6.45, 7) is 2.50. The van der Waals surface area contributed by atoms with Gasteiger partial charge in [-0.3, -0.25) is 0 Å². The summed E-state index contributed by atoms with van der Waals surface area (Å²) in [5.41, 5.74) is 1.46. The van der Waals surface area contributed by atoms with Gasteiger partial charge in [-0.05, 0) is 36.7 Å². The number of hydrogen-bond acceptors (Lipinski definition) is 2. The van der Waals surface area contributed by atoms with Crippen LogP contribution in [-0.2, 0) is 6.54 Å². The van der Waals surface area contributed by atoms with Crippen molar-refractivity contribution < 1.29 is 13.2 Å². The molecule has 0 bridgehead atoms. The van der Waals surface area contributed by atoms with Gasteiger partial charge in [0, 0.05) is 23.8 Å². The molecule has 0 aliphatic rings. The average Bonchev–Trinajstić information content (AvgIpc) is 2.27. The lowest BCUT2D eigenvalue weighted by atomic mass is 10.1. The van der Waals surface area contributed by atoms with E-state index in [2.05, 4.69) is 21.2 Å². The molecule has 0 heterocycles. The Morgan fingerprint density at radius 3 is 2.58 bits per heavy atom. The molecular weight excluding hydrogens is 321 g/mol. The lowest BCUT2D eigenvalue weighted by Gasteiger charge is -2.24. The minimum absolute atomic E-state index is 0.560. The molecule has 0 amide bonds. The monoisotopic (exact) mass is 338 g/mol. The third kappa shape index (κ3) is 5.82. The molecule has 6 heteroatoms. The Bertz CT molecular complexity index is 407. The molecule has 0 radical (unpaired) electrons. The fourth-order valence-corrected chi connectivity index (χ4v) is 2.23. The summed E-state index contributed by atoms with van der Waals surface area (Å²) in [4.78, 5) is 1.23. The third-order valence-corrected chi connectivity index (χ3v) is 3.10. The zero-order chi connectivity index (χ0) is 14.5. The number of halogens is 4. The third-order valence-electron chi connectivity index (χ3n) is 2.61. The van der Waals surface area contributed by atoms with Gasteiger partial charge in [0.05, 0.1) is 0 Å². The molecule has 19 heavy (non-hydrogen) atoms. The smallest absolute Gasteiger partial charge is 0.365 e. The molecule has 1 rings (SSSR count). The van der Waals surface area contributed by atoms with Crippen LogP contribution in [0.1, 0.15) is 18.9 Å². The van der Waals surface area contributed by atoms with Gasteiger partial charge in [-0.1, -0.05) is 22.9 Å². The zero-order valence-electron chi connectivity index (χ0n) is 11.0. The Morgan fingerprint density at radius 1 is 1.32 bits per heavy atom.